The number of aryl methyl sites for hydroxylation is 1. The fourth-order valence-electron chi connectivity index (χ4n) is 1.49. The third-order valence-electron chi connectivity index (χ3n) is 2.10. The minimum atomic E-state index is 0.688. The van der Waals surface area contributed by atoms with Crippen LogP contribution in [0.1, 0.15) is 36.3 Å². The average molecular weight is 212 g/mol. The first-order valence-electron chi connectivity index (χ1n) is 5.34. The first kappa shape index (κ1) is 11.7. The number of hydrogen-bond donors (Lipinski definition) is 1. The van der Waals surface area contributed by atoms with E-state index in [1.54, 1.807) is 0 Å². The molecule has 14 heavy (non-hydrogen) atoms. The Morgan fingerprint density at radius 3 is 2.64 bits per heavy atom. The number of nitrogens with zero attached hydrogens (tertiary/aromatic N) is 1. The van der Waals surface area contributed by atoms with Crippen LogP contribution < -0.4 is 5.73 Å². The van der Waals surface area contributed by atoms with E-state index in [2.05, 4.69) is 25.8 Å². The molecule has 1 aromatic heterocycles. The van der Waals surface area contributed by atoms with Crippen molar-refractivity contribution in [2.24, 2.45) is 11.7 Å². The van der Waals surface area contributed by atoms with Crippen LogP contribution in [0.15, 0.2) is 0 Å². The molecule has 0 aliphatic heterocycles. The molecule has 80 valence electrons. The third kappa shape index (κ3) is 3.07. The first-order valence-corrected chi connectivity index (χ1v) is 6.16. The van der Waals surface area contributed by atoms with Gasteiger partial charge in [0, 0.05) is 11.3 Å². The monoisotopic (exact) mass is 212 g/mol. The molecular weight excluding hydrogens is 192 g/mol. The summed E-state index contributed by atoms with van der Waals surface area (Å²) >= 11 is 1.83. The molecule has 0 amide bonds. The molecule has 2 nitrogen and oxygen atoms in total. The summed E-state index contributed by atoms with van der Waals surface area (Å²) in [4.78, 5) is 6.10. The van der Waals surface area contributed by atoms with Crippen molar-refractivity contribution in [3.05, 3.63) is 15.6 Å². The summed E-state index contributed by atoms with van der Waals surface area (Å²) in [5.41, 5.74) is 6.83. The molecule has 0 fully saturated rings. The third-order valence-corrected chi connectivity index (χ3v) is 3.41. The lowest BCUT2D eigenvalue weighted by Crippen LogP contribution is -2.03. The highest BCUT2D eigenvalue weighted by molar-refractivity contribution is 7.11. The number of rotatable bonds is 5. The standard InChI is InChI=1S/C11H20N2S/c1-4-10-9(7-8(2)3)13-11(14-10)5-6-12/h8H,4-7,12H2,1-3H3. The van der Waals surface area contributed by atoms with Gasteiger partial charge in [0.15, 0.2) is 0 Å². The molecular formula is C11H20N2S. The second-order valence-electron chi connectivity index (χ2n) is 3.97. The van der Waals surface area contributed by atoms with Gasteiger partial charge >= 0.3 is 0 Å². The maximum atomic E-state index is 5.53. The van der Waals surface area contributed by atoms with Crippen molar-refractivity contribution >= 4 is 11.3 Å². The van der Waals surface area contributed by atoms with Gasteiger partial charge in [-0.15, -0.1) is 11.3 Å². The summed E-state index contributed by atoms with van der Waals surface area (Å²) in [5, 5.41) is 1.21. The molecule has 0 unspecified atom stereocenters. The number of thiazole rings is 1. The van der Waals surface area contributed by atoms with Crippen LogP contribution in [0, 0.1) is 5.92 Å². The molecule has 0 aliphatic rings. The maximum absolute atomic E-state index is 5.53. The average Bonchev–Trinajstić information content (AvgIpc) is 2.47. The van der Waals surface area contributed by atoms with Gasteiger partial charge in [0.1, 0.15) is 0 Å². The second-order valence-corrected chi connectivity index (χ2v) is 5.14. The van der Waals surface area contributed by atoms with Gasteiger partial charge in [-0.05, 0) is 25.3 Å². The predicted octanol–water partition coefficient (Wildman–Crippen LogP) is 2.41. The minimum Gasteiger partial charge on any atom is -0.330 e. The van der Waals surface area contributed by atoms with Crippen molar-refractivity contribution in [2.75, 3.05) is 6.54 Å². The van der Waals surface area contributed by atoms with Gasteiger partial charge in [-0.25, -0.2) is 4.98 Å². The van der Waals surface area contributed by atoms with E-state index in [-0.39, 0.29) is 0 Å². The van der Waals surface area contributed by atoms with Crippen LogP contribution in [0.3, 0.4) is 0 Å². The molecule has 0 saturated heterocycles. The molecule has 3 heteroatoms. The molecule has 1 aromatic rings. The van der Waals surface area contributed by atoms with Gasteiger partial charge in [-0.1, -0.05) is 20.8 Å². The highest BCUT2D eigenvalue weighted by atomic mass is 32.1. The van der Waals surface area contributed by atoms with E-state index >= 15 is 0 Å². The Balaban J connectivity index is 2.79. The lowest BCUT2D eigenvalue weighted by atomic mass is 10.1. The summed E-state index contributed by atoms with van der Waals surface area (Å²) in [7, 11) is 0. The lowest BCUT2D eigenvalue weighted by molar-refractivity contribution is 0.632. The van der Waals surface area contributed by atoms with E-state index in [4.69, 9.17) is 5.73 Å². The molecule has 2 N–H and O–H groups in total. The van der Waals surface area contributed by atoms with Gasteiger partial charge in [-0.2, -0.15) is 0 Å². The number of hydrogen-bond acceptors (Lipinski definition) is 3. The van der Waals surface area contributed by atoms with Crippen molar-refractivity contribution in [2.45, 2.75) is 40.0 Å². The fourth-order valence-corrected chi connectivity index (χ4v) is 2.54. The van der Waals surface area contributed by atoms with Crippen molar-refractivity contribution < 1.29 is 0 Å². The Labute approximate surface area is 90.6 Å². The molecule has 0 spiro atoms. The van der Waals surface area contributed by atoms with Crippen molar-refractivity contribution in [1.29, 1.82) is 0 Å². The van der Waals surface area contributed by atoms with E-state index in [0.717, 1.165) is 19.3 Å². The zero-order valence-electron chi connectivity index (χ0n) is 9.34. The van der Waals surface area contributed by atoms with E-state index < -0.39 is 0 Å². The van der Waals surface area contributed by atoms with Crippen LogP contribution in [0.5, 0.6) is 0 Å². The Morgan fingerprint density at radius 2 is 2.14 bits per heavy atom. The molecule has 0 atom stereocenters. The highest BCUT2D eigenvalue weighted by Gasteiger charge is 2.10. The van der Waals surface area contributed by atoms with Crippen LogP contribution >= 0.6 is 11.3 Å². The lowest BCUT2D eigenvalue weighted by Gasteiger charge is -2.02. The van der Waals surface area contributed by atoms with Crippen LogP contribution in [0.4, 0.5) is 0 Å². The normalized spacial score (nSPS) is 11.2. The molecule has 0 radical (unpaired) electrons. The topological polar surface area (TPSA) is 38.9 Å². The van der Waals surface area contributed by atoms with Gasteiger partial charge in [0.2, 0.25) is 0 Å². The van der Waals surface area contributed by atoms with Gasteiger partial charge < -0.3 is 5.73 Å². The SMILES string of the molecule is CCc1sc(CCN)nc1CC(C)C. The molecule has 0 aromatic carbocycles. The quantitative estimate of drug-likeness (QED) is 0.814. The Kier molecular flexibility index (Phi) is 4.55. The largest absolute Gasteiger partial charge is 0.330 e. The van der Waals surface area contributed by atoms with Gasteiger partial charge in [0.05, 0.1) is 10.7 Å². The number of nitrogens with two attached hydrogens (primary N) is 1. The predicted molar refractivity (Wildman–Crippen MR) is 62.8 cm³/mol. The minimum absolute atomic E-state index is 0.688. The zero-order chi connectivity index (χ0) is 10.6. The van der Waals surface area contributed by atoms with Crippen molar-refractivity contribution in [3.63, 3.8) is 0 Å². The van der Waals surface area contributed by atoms with Crippen LogP contribution in [-0.2, 0) is 19.3 Å². The molecule has 0 bridgehead atoms. The van der Waals surface area contributed by atoms with Crippen molar-refractivity contribution in [3.8, 4) is 0 Å². The Hall–Kier alpha value is -0.410. The first-order chi connectivity index (χ1) is 6.67. The van der Waals surface area contributed by atoms with E-state index in [1.165, 1.54) is 15.6 Å². The summed E-state index contributed by atoms with van der Waals surface area (Å²) in [6, 6.07) is 0. The van der Waals surface area contributed by atoms with Gasteiger partial charge in [0.25, 0.3) is 0 Å². The summed E-state index contributed by atoms with van der Waals surface area (Å²) in [6.07, 6.45) is 3.13. The van der Waals surface area contributed by atoms with Crippen LogP contribution in [0.25, 0.3) is 0 Å². The molecule has 0 saturated carbocycles. The highest BCUT2D eigenvalue weighted by Crippen LogP contribution is 2.22. The van der Waals surface area contributed by atoms with Crippen molar-refractivity contribution in [1.82, 2.24) is 4.98 Å². The zero-order valence-corrected chi connectivity index (χ0v) is 10.2. The summed E-state index contributed by atoms with van der Waals surface area (Å²) < 4.78 is 0. The Bertz CT molecular complexity index is 279. The molecule has 1 heterocycles. The van der Waals surface area contributed by atoms with E-state index in [0.29, 0.717) is 12.5 Å². The van der Waals surface area contributed by atoms with Crippen LogP contribution in [-0.4, -0.2) is 11.5 Å². The van der Waals surface area contributed by atoms with Gasteiger partial charge in [-0.3, -0.25) is 0 Å². The summed E-state index contributed by atoms with van der Waals surface area (Å²) in [6.45, 7) is 7.38. The van der Waals surface area contributed by atoms with E-state index in [1.807, 2.05) is 11.3 Å². The smallest absolute Gasteiger partial charge is 0.0943 e. The molecule has 1 rings (SSSR count). The number of aromatic nitrogens is 1. The maximum Gasteiger partial charge on any atom is 0.0943 e. The Morgan fingerprint density at radius 1 is 1.43 bits per heavy atom. The van der Waals surface area contributed by atoms with Crippen LogP contribution in [0.2, 0.25) is 0 Å². The molecule has 0 aliphatic carbocycles. The fraction of sp³-hybridized carbons (Fsp3) is 0.727. The second kappa shape index (κ2) is 5.47. The van der Waals surface area contributed by atoms with E-state index in [9.17, 15) is 0 Å². The summed E-state index contributed by atoms with van der Waals surface area (Å²) in [5.74, 6) is 0.688.